The average Bonchev–Trinajstić information content (AvgIpc) is 3.41. The third-order valence-corrected chi connectivity index (χ3v) is 6.96. The van der Waals surface area contributed by atoms with Gasteiger partial charge in [0.15, 0.2) is 0 Å². The lowest BCUT2D eigenvalue weighted by atomic mass is 9.74. The molecule has 3 aromatic carbocycles. The molecule has 0 bridgehead atoms. The molecule has 2 heterocycles. The lowest BCUT2D eigenvalue weighted by molar-refractivity contribution is 0.445. The first-order valence-corrected chi connectivity index (χ1v) is 10.7. The van der Waals surface area contributed by atoms with E-state index in [0.29, 0.717) is 5.75 Å². The van der Waals surface area contributed by atoms with Crippen LogP contribution in [-0.4, -0.2) is 19.2 Å². The van der Waals surface area contributed by atoms with Gasteiger partial charge in [0.2, 0.25) is 0 Å². The number of phenols is 1. The van der Waals surface area contributed by atoms with Gasteiger partial charge in [-0.1, -0.05) is 83.1 Å². The van der Waals surface area contributed by atoms with Crippen LogP contribution in [0.2, 0.25) is 0 Å². The summed E-state index contributed by atoms with van der Waals surface area (Å²) in [6, 6.07) is 23.1. The molecule has 2 aromatic heterocycles. The van der Waals surface area contributed by atoms with Crippen molar-refractivity contribution in [1.29, 1.82) is 0 Å². The smallest absolute Gasteiger partial charge is 0.147 e. The van der Waals surface area contributed by atoms with E-state index in [0.717, 1.165) is 17.7 Å². The third kappa shape index (κ3) is 2.53. The van der Waals surface area contributed by atoms with Crippen molar-refractivity contribution in [2.45, 2.75) is 51.9 Å². The molecule has 4 nitrogen and oxygen atoms in total. The number of aromatic nitrogens is 3. The molecule has 5 aromatic rings. The maximum absolute atomic E-state index is 11.5. The van der Waals surface area contributed by atoms with Gasteiger partial charge in [-0.2, -0.15) is 0 Å². The Kier molecular flexibility index (Phi) is 3.88. The molecule has 0 spiro atoms. The summed E-state index contributed by atoms with van der Waals surface area (Å²) in [5, 5.41) is 11.5. The fourth-order valence-corrected chi connectivity index (χ4v) is 4.35. The first kappa shape index (κ1) is 18.9. The van der Waals surface area contributed by atoms with Crippen molar-refractivity contribution in [1.82, 2.24) is 14.1 Å². The molecule has 154 valence electrons. The van der Waals surface area contributed by atoms with E-state index in [4.69, 9.17) is 0 Å². The van der Waals surface area contributed by atoms with Crippen LogP contribution in [0.15, 0.2) is 66.7 Å². The fraction of sp³-hybridized carbons (Fsp3) is 0.308. The molecule has 4 heteroatoms. The van der Waals surface area contributed by atoms with E-state index >= 15 is 0 Å². The van der Waals surface area contributed by atoms with Crippen LogP contribution in [0.5, 0.6) is 5.75 Å². The van der Waals surface area contributed by atoms with Crippen LogP contribution in [0, 0.1) is 0 Å². The molecule has 30 heavy (non-hydrogen) atoms. The summed E-state index contributed by atoms with van der Waals surface area (Å²) in [4.78, 5) is 2.07. The van der Waals surface area contributed by atoms with Crippen molar-refractivity contribution in [2.24, 2.45) is 0 Å². The quantitative estimate of drug-likeness (QED) is 0.378. The van der Waals surface area contributed by atoms with E-state index in [9.17, 15) is 5.11 Å². The van der Waals surface area contributed by atoms with Gasteiger partial charge in [0.1, 0.15) is 22.5 Å². The van der Waals surface area contributed by atoms with Gasteiger partial charge in [-0.3, -0.25) is 0 Å². The first-order chi connectivity index (χ1) is 14.3. The molecule has 0 aliphatic rings. The topological polar surface area (TPSA) is 34.0 Å². The zero-order valence-electron chi connectivity index (χ0n) is 18.3. The van der Waals surface area contributed by atoms with E-state index in [1.165, 1.54) is 22.2 Å². The first-order valence-electron chi connectivity index (χ1n) is 10.7. The zero-order chi connectivity index (χ0) is 21.3. The zero-order valence-corrected chi connectivity index (χ0v) is 18.3. The predicted octanol–water partition coefficient (Wildman–Crippen LogP) is 6.14. The number of benzene rings is 3. The minimum atomic E-state index is -0.327. The van der Waals surface area contributed by atoms with Gasteiger partial charge in [0.25, 0.3) is 0 Å². The van der Waals surface area contributed by atoms with Crippen molar-refractivity contribution in [3.05, 3.63) is 83.4 Å². The molecular weight excluding hydrogens is 370 g/mol. The van der Waals surface area contributed by atoms with Crippen LogP contribution >= 0.6 is 0 Å². The number of rotatable bonds is 5. The highest BCUT2D eigenvalue weighted by atomic mass is 16.3. The second-order valence-electron chi connectivity index (χ2n) is 9.48. The van der Waals surface area contributed by atoms with Gasteiger partial charge < -0.3 is 5.11 Å². The van der Waals surface area contributed by atoms with Crippen molar-refractivity contribution < 1.29 is 5.11 Å². The van der Waals surface area contributed by atoms with Gasteiger partial charge in [-0.05, 0) is 41.2 Å². The van der Waals surface area contributed by atoms with Gasteiger partial charge in [-0.15, -0.1) is 14.1 Å². The van der Waals surface area contributed by atoms with Crippen LogP contribution in [0.25, 0.3) is 16.7 Å². The molecule has 0 saturated carbocycles. The van der Waals surface area contributed by atoms with Gasteiger partial charge >= 0.3 is 0 Å². The van der Waals surface area contributed by atoms with E-state index in [1.54, 1.807) is 0 Å². The van der Waals surface area contributed by atoms with E-state index in [1.807, 2.05) is 18.2 Å². The summed E-state index contributed by atoms with van der Waals surface area (Å²) in [5.74, 6) is 0.347. The molecule has 0 aliphatic heterocycles. The number of para-hydroxylation sites is 2. The monoisotopic (exact) mass is 399 g/mol. The number of aromatic hydroxyl groups is 1. The minimum Gasteiger partial charge on any atom is -0.505 e. The Hall–Kier alpha value is -3.14. The summed E-state index contributed by atoms with van der Waals surface area (Å²) >= 11 is 0. The molecule has 0 saturated heterocycles. The van der Waals surface area contributed by atoms with Crippen LogP contribution in [0.1, 0.15) is 57.7 Å². The minimum absolute atomic E-state index is 0.0105. The number of hydrogen-bond donors (Lipinski definition) is 1. The summed E-state index contributed by atoms with van der Waals surface area (Å²) in [6.07, 6.45) is 1.02. The highest BCUT2D eigenvalue weighted by Gasteiger charge is 2.34. The van der Waals surface area contributed by atoms with Crippen LogP contribution in [0.3, 0.4) is 0 Å². The van der Waals surface area contributed by atoms with Crippen molar-refractivity contribution in [2.75, 3.05) is 0 Å². The van der Waals surface area contributed by atoms with E-state index in [-0.39, 0.29) is 10.8 Å². The Morgan fingerprint density at radius 3 is 1.90 bits per heavy atom. The molecule has 1 N–H and O–H groups in total. The Balaban J connectivity index is 1.76. The summed E-state index contributed by atoms with van der Waals surface area (Å²) in [7, 11) is 0. The van der Waals surface area contributed by atoms with Crippen molar-refractivity contribution >= 4 is 11.0 Å². The third-order valence-electron chi connectivity index (χ3n) is 6.96. The molecule has 0 unspecified atom stereocenters. The Morgan fingerprint density at radius 2 is 1.33 bits per heavy atom. The average molecular weight is 400 g/mol. The second-order valence-corrected chi connectivity index (χ2v) is 9.48. The molecule has 0 atom stereocenters. The molecule has 0 radical (unpaired) electrons. The second kappa shape index (κ2) is 6.18. The fourth-order valence-electron chi connectivity index (χ4n) is 4.35. The maximum atomic E-state index is 11.5. The normalized spacial score (nSPS) is 13.1. The molecule has 0 fully saturated rings. The van der Waals surface area contributed by atoms with E-state index in [2.05, 4.69) is 97.2 Å². The molecule has 5 rings (SSSR count). The predicted molar refractivity (Wildman–Crippen MR) is 122 cm³/mol. The Morgan fingerprint density at radius 1 is 0.767 bits per heavy atom. The van der Waals surface area contributed by atoms with Crippen molar-refractivity contribution in [3.63, 3.8) is 0 Å². The Labute approximate surface area is 177 Å². The summed E-state index contributed by atoms with van der Waals surface area (Å²) in [5.41, 5.74) is 6.25. The lowest BCUT2D eigenvalue weighted by Crippen LogP contribution is -2.22. The summed E-state index contributed by atoms with van der Waals surface area (Å²) < 4.78 is 4.21. The number of hydrogen-bond acceptors (Lipinski definition) is 1. The van der Waals surface area contributed by atoms with Gasteiger partial charge in [-0.25, -0.2) is 0 Å². The van der Waals surface area contributed by atoms with Crippen LogP contribution < -0.4 is 0 Å². The van der Waals surface area contributed by atoms with Crippen LogP contribution in [0.4, 0.5) is 0 Å². The number of phenolic OH excluding ortho intramolecular Hbond substituents is 1. The maximum Gasteiger partial charge on any atom is 0.147 e. The van der Waals surface area contributed by atoms with Crippen LogP contribution in [-0.2, 0) is 10.8 Å². The summed E-state index contributed by atoms with van der Waals surface area (Å²) in [6.45, 7) is 11.1. The highest BCUT2D eigenvalue weighted by Crippen LogP contribution is 2.44. The van der Waals surface area contributed by atoms with Gasteiger partial charge in [0, 0.05) is 11.0 Å². The standard InChI is InChI=1S/C26H29N3O/c1-6-25(2,3)19-16-20(26(4,5)18-12-8-7-9-13-18)24(30)23(17-19)29-27-21-14-10-11-15-22(21)28(27)29/h7-17,30H,6H2,1-5H3. The molecular formula is C26H29N3O. The Bertz CT molecular complexity index is 1290. The van der Waals surface area contributed by atoms with Gasteiger partial charge in [0.05, 0.1) is 0 Å². The lowest BCUT2D eigenvalue weighted by Gasteiger charge is -2.31. The van der Waals surface area contributed by atoms with Crippen molar-refractivity contribution in [3.8, 4) is 11.4 Å². The molecule has 0 amide bonds. The molecule has 0 aliphatic carbocycles. The highest BCUT2D eigenvalue weighted by molar-refractivity contribution is 5.79. The SMILES string of the molecule is CCC(C)(C)c1cc(-n2n3c4ccccc4n23)c(O)c(C(C)(C)c2ccccc2)c1. The van der Waals surface area contributed by atoms with E-state index < -0.39 is 0 Å². The largest absolute Gasteiger partial charge is 0.505 e. The number of fused-ring (bicyclic) bond motifs is 4. The number of nitrogens with zero attached hydrogens (tertiary/aromatic N) is 3.